The van der Waals surface area contributed by atoms with Gasteiger partial charge in [0.2, 0.25) is 0 Å². The second-order valence-corrected chi connectivity index (χ2v) is 4.72. The van der Waals surface area contributed by atoms with Crippen LogP contribution in [0.3, 0.4) is 0 Å². The number of hydrogen-bond donors (Lipinski definition) is 0. The fraction of sp³-hybridized carbons (Fsp3) is 0.364. The Morgan fingerprint density at radius 2 is 2.06 bits per heavy atom. The Balaban J connectivity index is 3.08. The summed E-state index contributed by atoms with van der Waals surface area (Å²) in [6, 6.07) is 1.49. The normalized spacial score (nSPS) is 12.4. The van der Waals surface area contributed by atoms with E-state index in [1.165, 1.54) is 11.9 Å². The van der Waals surface area contributed by atoms with Gasteiger partial charge in [-0.25, -0.2) is 8.78 Å². The van der Waals surface area contributed by atoms with E-state index >= 15 is 0 Å². The predicted octanol–water partition coefficient (Wildman–Crippen LogP) is 3.47. The number of alkyl halides is 1. The molecule has 0 saturated heterocycles. The van der Waals surface area contributed by atoms with Gasteiger partial charge in [-0.05, 0) is 19.1 Å². The lowest BCUT2D eigenvalue weighted by Gasteiger charge is -2.23. The lowest BCUT2D eigenvalue weighted by Crippen LogP contribution is -2.36. The smallest absolute Gasteiger partial charge is 0.256 e. The summed E-state index contributed by atoms with van der Waals surface area (Å²) in [5.74, 6) is -2.21. The first-order chi connectivity index (χ1) is 7.88. The Labute approximate surface area is 112 Å². The molecule has 6 heteroatoms. The number of rotatable bonds is 3. The summed E-state index contributed by atoms with van der Waals surface area (Å²) < 4.78 is 26.7. The van der Waals surface area contributed by atoms with E-state index in [-0.39, 0.29) is 16.6 Å². The minimum atomic E-state index is -0.824. The first-order valence-corrected chi connectivity index (χ1v) is 6.36. The zero-order valence-electron chi connectivity index (χ0n) is 9.31. The van der Waals surface area contributed by atoms with Crippen LogP contribution in [-0.2, 0) is 0 Å². The molecule has 0 aliphatic carbocycles. The van der Waals surface area contributed by atoms with E-state index in [1.54, 1.807) is 6.92 Å². The minimum Gasteiger partial charge on any atom is -0.338 e. The molecule has 0 radical (unpaired) electrons. The van der Waals surface area contributed by atoms with Crippen LogP contribution >= 0.6 is 27.5 Å². The Kier molecular flexibility index (Phi) is 4.89. The summed E-state index contributed by atoms with van der Waals surface area (Å²) >= 11 is 8.63. The summed E-state index contributed by atoms with van der Waals surface area (Å²) in [5.41, 5.74) is -0.317. The van der Waals surface area contributed by atoms with Crippen molar-refractivity contribution >= 4 is 33.4 Å². The van der Waals surface area contributed by atoms with Gasteiger partial charge in [0.15, 0.2) is 0 Å². The Morgan fingerprint density at radius 1 is 1.47 bits per heavy atom. The number of nitrogens with zero attached hydrogens (tertiary/aromatic N) is 1. The van der Waals surface area contributed by atoms with Crippen molar-refractivity contribution in [3.8, 4) is 0 Å². The lowest BCUT2D eigenvalue weighted by atomic mass is 10.1. The molecule has 94 valence electrons. The van der Waals surface area contributed by atoms with Crippen LogP contribution in [0.4, 0.5) is 8.78 Å². The van der Waals surface area contributed by atoms with Gasteiger partial charge < -0.3 is 4.90 Å². The van der Waals surface area contributed by atoms with Gasteiger partial charge >= 0.3 is 0 Å². The van der Waals surface area contributed by atoms with Crippen LogP contribution in [0.2, 0.25) is 5.02 Å². The van der Waals surface area contributed by atoms with Crippen molar-refractivity contribution in [1.29, 1.82) is 0 Å². The maximum atomic E-state index is 13.5. The molecule has 1 aromatic rings. The van der Waals surface area contributed by atoms with Gasteiger partial charge in [0.1, 0.15) is 11.6 Å². The first kappa shape index (κ1) is 14.4. The molecule has 0 fully saturated rings. The molecule has 1 amide bonds. The second kappa shape index (κ2) is 5.78. The van der Waals surface area contributed by atoms with Crippen LogP contribution < -0.4 is 0 Å². The van der Waals surface area contributed by atoms with Crippen LogP contribution in [0, 0.1) is 11.6 Å². The fourth-order valence-electron chi connectivity index (χ4n) is 1.18. The summed E-state index contributed by atoms with van der Waals surface area (Å²) in [6.07, 6.45) is 0. The first-order valence-electron chi connectivity index (χ1n) is 4.86. The summed E-state index contributed by atoms with van der Waals surface area (Å²) in [6.45, 7) is 1.79. The highest BCUT2D eigenvalue weighted by atomic mass is 79.9. The van der Waals surface area contributed by atoms with Gasteiger partial charge in [0.05, 0.1) is 10.6 Å². The van der Waals surface area contributed by atoms with E-state index in [4.69, 9.17) is 11.6 Å². The third-order valence-electron chi connectivity index (χ3n) is 2.45. The van der Waals surface area contributed by atoms with E-state index < -0.39 is 17.5 Å². The zero-order chi connectivity index (χ0) is 13.2. The molecule has 0 saturated carbocycles. The minimum absolute atomic E-state index is 0.124. The maximum absolute atomic E-state index is 13.5. The van der Waals surface area contributed by atoms with Gasteiger partial charge in [0, 0.05) is 18.4 Å². The molecule has 0 N–H and O–H groups in total. The molecule has 1 aromatic carbocycles. The number of hydrogen-bond acceptors (Lipinski definition) is 1. The molecule has 0 heterocycles. The van der Waals surface area contributed by atoms with Gasteiger partial charge in [-0.3, -0.25) is 4.79 Å². The van der Waals surface area contributed by atoms with Gasteiger partial charge in [-0.2, -0.15) is 0 Å². The average molecular weight is 327 g/mol. The van der Waals surface area contributed by atoms with Crippen molar-refractivity contribution in [2.24, 2.45) is 0 Å². The fourth-order valence-corrected chi connectivity index (χ4v) is 1.76. The number of carbonyl (C=O) groups is 1. The second-order valence-electron chi connectivity index (χ2n) is 3.67. The van der Waals surface area contributed by atoms with Crippen LogP contribution in [0.1, 0.15) is 17.3 Å². The van der Waals surface area contributed by atoms with Crippen molar-refractivity contribution in [3.63, 3.8) is 0 Å². The number of halogens is 4. The molecular weight excluding hydrogens is 315 g/mol. The van der Waals surface area contributed by atoms with E-state index in [9.17, 15) is 13.6 Å². The van der Waals surface area contributed by atoms with Crippen LogP contribution in [-0.4, -0.2) is 29.2 Å². The molecule has 1 unspecified atom stereocenters. The summed E-state index contributed by atoms with van der Waals surface area (Å²) in [5, 5.41) is 0.211. The number of carbonyl (C=O) groups excluding carboxylic acids is 1. The molecule has 0 aliphatic rings. The molecular formula is C11H11BrClF2NO. The molecule has 1 rings (SSSR count). The standard InChI is InChI=1S/C11H11BrClF2NO/c1-6(5-12)16(2)11(17)7-3-10(15)8(13)4-9(7)14/h3-4,6H,5H2,1-2H3. The molecule has 0 aliphatic heterocycles. The number of benzene rings is 1. The summed E-state index contributed by atoms with van der Waals surface area (Å²) in [7, 11) is 1.53. The van der Waals surface area contributed by atoms with Gasteiger partial charge in [-0.15, -0.1) is 0 Å². The molecule has 17 heavy (non-hydrogen) atoms. The van der Waals surface area contributed by atoms with Crippen LogP contribution in [0.5, 0.6) is 0 Å². The molecule has 2 nitrogen and oxygen atoms in total. The quantitative estimate of drug-likeness (QED) is 0.615. The van der Waals surface area contributed by atoms with Crippen molar-refractivity contribution in [2.75, 3.05) is 12.4 Å². The van der Waals surface area contributed by atoms with Crippen molar-refractivity contribution < 1.29 is 13.6 Å². The molecule has 1 atom stereocenters. The number of amides is 1. The monoisotopic (exact) mass is 325 g/mol. The Hall–Kier alpha value is -0.680. The summed E-state index contributed by atoms with van der Waals surface area (Å²) in [4.78, 5) is 13.2. The molecule has 0 aromatic heterocycles. The molecule has 0 spiro atoms. The van der Waals surface area contributed by atoms with Gasteiger partial charge in [-0.1, -0.05) is 27.5 Å². The zero-order valence-corrected chi connectivity index (χ0v) is 11.6. The average Bonchev–Trinajstić information content (AvgIpc) is 2.31. The highest BCUT2D eigenvalue weighted by Crippen LogP contribution is 2.20. The largest absolute Gasteiger partial charge is 0.338 e. The van der Waals surface area contributed by atoms with Crippen LogP contribution in [0.15, 0.2) is 12.1 Å². The van der Waals surface area contributed by atoms with Crippen molar-refractivity contribution in [2.45, 2.75) is 13.0 Å². The van der Waals surface area contributed by atoms with E-state index in [0.29, 0.717) is 5.33 Å². The van der Waals surface area contributed by atoms with Gasteiger partial charge in [0.25, 0.3) is 5.91 Å². The van der Waals surface area contributed by atoms with Crippen molar-refractivity contribution in [1.82, 2.24) is 4.90 Å². The Bertz CT molecular complexity index is 442. The van der Waals surface area contributed by atoms with Crippen molar-refractivity contribution in [3.05, 3.63) is 34.4 Å². The highest BCUT2D eigenvalue weighted by Gasteiger charge is 2.21. The third kappa shape index (κ3) is 3.16. The maximum Gasteiger partial charge on any atom is 0.256 e. The predicted molar refractivity (Wildman–Crippen MR) is 66.7 cm³/mol. The van der Waals surface area contributed by atoms with E-state index in [1.807, 2.05) is 0 Å². The molecule has 0 bridgehead atoms. The van der Waals surface area contributed by atoms with E-state index in [0.717, 1.165) is 12.1 Å². The third-order valence-corrected chi connectivity index (χ3v) is 3.67. The Morgan fingerprint density at radius 3 is 2.59 bits per heavy atom. The SMILES string of the molecule is CC(CBr)N(C)C(=O)c1cc(F)c(Cl)cc1F. The lowest BCUT2D eigenvalue weighted by molar-refractivity contribution is 0.0753. The van der Waals surface area contributed by atoms with Crippen LogP contribution in [0.25, 0.3) is 0 Å². The highest BCUT2D eigenvalue weighted by molar-refractivity contribution is 9.09. The topological polar surface area (TPSA) is 20.3 Å². The van der Waals surface area contributed by atoms with E-state index in [2.05, 4.69) is 15.9 Å².